The second-order valence-corrected chi connectivity index (χ2v) is 6.00. The summed E-state index contributed by atoms with van der Waals surface area (Å²) in [6, 6.07) is 5.18. The highest BCUT2D eigenvalue weighted by atomic mass is 16.2. The SMILES string of the molecule is CC(NC(=O)C(C)(C)C)C(=O)Nc1cccc(NC(N)=O)c1. The lowest BCUT2D eigenvalue weighted by molar-refractivity contribution is -0.131. The van der Waals surface area contributed by atoms with Gasteiger partial charge in [0.2, 0.25) is 11.8 Å². The maximum atomic E-state index is 12.1. The Hall–Kier alpha value is -2.57. The Morgan fingerprint density at radius 2 is 1.64 bits per heavy atom. The molecule has 0 aliphatic carbocycles. The van der Waals surface area contributed by atoms with E-state index in [1.165, 1.54) is 0 Å². The highest BCUT2D eigenvalue weighted by molar-refractivity contribution is 5.98. The summed E-state index contributed by atoms with van der Waals surface area (Å²) in [5, 5.41) is 7.73. The van der Waals surface area contributed by atoms with Crippen LogP contribution in [0.3, 0.4) is 0 Å². The van der Waals surface area contributed by atoms with E-state index in [9.17, 15) is 14.4 Å². The Labute approximate surface area is 129 Å². The quantitative estimate of drug-likeness (QED) is 0.678. The molecule has 1 aromatic carbocycles. The summed E-state index contributed by atoms with van der Waals surface area (Å²) < 4.78 is 0. The number of benzene rings is 1. The molecule has 5 N–H and O–H groups in total. The van der Waals surface area contributed by atoms with Crippen LogP contribution in [0.1, 0.15) is 27.7 Å². The zero-order chi connectivity index (χ0) is 16.9. The van der Waals surface area contributed by atoms with Gasteiger partial charge in [-0.15, -0.1) is 0 Å². The van der Waals surface area contributed by atoms with Crippen molar-refractivity contribution in [3.05, 3.63) is 24.3 Å². The lowest BCUT2D eigenvalue weighted by Crippen LogP contribution is -2.46. The number of carbonyl (C=O) groups is 3. The Morgan fingerprint density at radius 3 is 2.14 bits per heavy atom. The van der Waals surface area contributed by atoms with Crippen molar-refractivity contribution in [1.82, 2.24) is 5.32 Å². The number of anilines is 2. The largest absolute Gasteiger partial charge is 0.351 e. The van der Waals surface area contributed by atoms with E-state index in [0.29, 0.717) is 11.4 Å². The predicted molar refractivity (Wildman–Crippen MR) is 85.3 cm³/mol. The van der Waals surface area contributed by atoms with Crippen LogP contribution in [-0.2, 0) is 9.59 Å². The fraction of sp³-hybridized carbons (Fsp3) is 0.400. The van der Waals surface area contributed by atoms with Crippen molar-refractivity contribution >= 4 is 29.2 Å². The average Bonchev–Trinajstić information content (AvgIpc) is 2.36. The topological polar surface area (TPSA) is 113 Å². The van der Waals surface area contributed by atoms with Crippen LogP contribution >= 0.6 is 0 Å². The van der Waals surface area contributed by atoms with E-state index in [4.69, 9.17) is 5.73 Å². The van der Waals surface area contributed by atoms with Crippen molar-refractivity contribution in [3.63, 3.8) is 0 Å². The van der Waals surface area contributed by atoms with Gasteiger partial charge in [0, 0.05) is 16.8 Å². The molecule has 0 fully saturated rings. The molecule has 0 aliphatic rings. The number of primary amides is 1. The summed E-state index contributed by atoms with van der Waals surface area (Å²) in [7, 11) is 0. The number of urea groups is 1. The van der Waals surface area contributed by atoms with Crippen LogP contribution in [0.5, 0.6) is 0 Å². The molecule has 0 saturated carbocycles. The van der Waals surface area contributed by atoms with Gasteiger partial charge in [0.25, 0.3) is 0 Å². The van der Waals surface area contributed by atoms with Gasteiger partial charge in [0.05, 0.1) is 0 Å². The number of carbonyl (C=O) groups excluding carboxylic acids is 3. The van der Waals surface area contributed by atoms with Crippen LogP contribution < -0.4 is 21.7 Å². The summed E-state index contributed by atoms with van der Waals surface area (Å²) in [6.45, 7) is 6.91. The third kappa shape index (κ3) is 5.43. The molecule has 1 rings (SSSR count). The molecule has 7 nitrogen and oxygen atoms in total. The van der Waals surface area contributed by atoms with Crippen LogP contribution in [0.25, 0.3) is 0 Å². The first-order chi connectivity index (χ1) is 10.1. The minimum Gasteiger partial charge on any atom is -0.351 e. The molecule has 0 heterocycles. The van der Waals surface area contributed by atoms with Crippen LogP contribution in [0, 0.1) is 5.41 Å². The van der Waals surface area contributed by atoms with Gasteiger partial charge in [-0.2, -0.15) is 0 Å². The van der Waals surface area contributed by atoms with Gasteiger partial charge in [-0.05, 0) is 25.1 Å². The Kier molecular flexibility index (Phi) is 5.50. The molecule has 7 heteroatoms. The Bertz CT molecular complexity index is 578. The minimum atomic E-state index is -0.686. The normalized spacial score (nSPS) is 12.2. The molecule has 0 spiro atoms. The monoisotopic (exact) mass is 306 g/mol. The first-order valence-corrected chi connectivity index (χ1v) is 6.88. The van der Waals surface area contributed by atoms with Gasteiger partial charge in [-0.1, -0.05) is 26.8 Å². The predicted octanol–water partition coefficient (Wildman–Crippen LogP) is 1.67. The van der Waals surface area contributed by atoms with E-state index in [2.05, 4.69) is 16.0 Å². The van der Waals surface area contributed by atoms with Crippen LogP contribution in [0.15, 0.2) is 24.3 Å². The minimum absolute atomic E-state index is 0.209. The molecular formula is C15H22N4O3. The molecule has 0 saturated heterocycles. The lowest BCUT2D eigenvalue weighted by atomic mass is 9.95. The molecule has 1 unspecified atom stereocenters. The van der Waals surface area contributed by atoms with Gasteiger partial charge < -0.3 is 21.7 Å². The molecule has 22 heavy (non-hydrogen) atoms. The molecular weight excluding hydrogens is 284 g/mol. The smallest absolute Gasteiger partial charge is 0.316 e. The van der Waals surface area contributed by atoms with Gasteiger partial charge in [0.1, 0.15) is 6.04 Å². The zero-order valence-corrected chi connectivity index (χ0v) is 13.2. The summed E-state index contributed by atoms with van der Waals surface area (Å²) >= 11 is 0. The van der Waals surface area contributed by atoms with Gasteiger partial charge in [-0.3, -0.25) is 9.59 Å². The highest BCUT2D eigenvalue weighted by Crippen LogP contribution is 2.16. The summed E-state index contributed by atoms with van der Waals surface area (Å²) in [6.07, 6.45) is 0. The number of nitrogens with one attached hydrogen (secondary N) is 3. The van der Waals surface area contributed by atoms with Crippen molar-refractivity contribution in [2.45, 2.75) is 33.7 Å². The van der Waals surface area contributed by atoms with E-state index < -0.39 is 17.5 Å². The van der Waals surface area contributed by atoms with Gasteiger partial charge in [-0.25, -0.2) is 4.79 Å². The van der Waals surface area contributed by atoms with E-state index >= 15 is 0 Å². The zero-order valence-electron chi connectivity index (χ0n) is 13.2. The summed E-state index contributed by atoms with van der Waals surface area (Å²) in [5.74, 6) is -0.562. The molecule has 0 aromatic heterocycles. The van der Waals surface area contributed by atoms with Crippen molar-refractivity contribution < 1.29 is 14.4 Å². The van der Waals surface area contributed by atoms with Crippen LogP contribution in [0.2, 0.25) is 0 Å². The summed E-state index contributed by atoms with van der Waals surface area (Å²) in [5.41, 5.74) is 5.43. The van der Waals surface area contributed by atoms with Crippen molar-refractivity contribution in [2.24, 2.45) is 11.1 Å². The molecule has 0 bridgehead atoms. The van der Waals surface area contributed by atoms with Crippen LogP contribution in [-0.4, -0.2) is 23.9 Å². The fourth-order valence-corrected chi connectivity index (χ4v) is 1.55. The van der Waals surface area contributed by atoms with E-state index in [-0.39, 0.29) is 11.8 Å². The number of rotatable bonds is 4. The Balaban J connectivity index is 2.68. The van der Waals surface area contributed by atoms with Crippen molar-refractivity contribution in [3.8, 4) is 0 Å². The number of nitrogens with two attached hydrogens (primary N) is 1. The van der Waals surface area contributed by atoms with E-state index in [1.54, 1.807) is 52.0 Å². The molecule has 1 atom stereocenters. The number of hydrogen-bond acceptors (Lipinski definition) is 3. The maximum absolute atomic E-state index is 12.1. The molecule has 120 valence electrons. The lowest BCUT2D eigenvalue weighted by Gasteiger charge is -2.21. The van der Waals surface area contributed by atoms with Crippen molar-refractivity contribution in [2.75, 3.05) is 10.6 Å². The molecule has 0 aliphatic heterocycles. The standard InChI is InChI=1S/C15H22N4O3/c1-9(17-13(21)15(2,3)4)12(20)18-10-6-5-7-11(8-10)19-14(16)22/h5-9H,1-4H3,(H,17,21)(H,18,20)(H3,16,19,22). The second kappa shape index (κ2) is 6.93. The first kappa shape index (κ1) is 17.5. The molecule has 4 amide bonds. The third-order valence-electron chi connectivity index (χ3n) is 2.82. The fourth-order valence-electron chi connectivity index (χ4n) is 1.55. The van der Waals surface area contributed by atoms with E-state index in [0.717, 1.165) is 0 Å². The average molecular weight is 306 g/mol. The van der Waals surface area contributed by atoms with Gasteiger partial charge >= 0.3 is 6.03 Å². The summed E-state index contributed by atoms with van der Waals surface area (Å²) in [4.78, 5) is 34.7. The van der Waals surface area contributed by atoms with Crippen LogP contribution in [0.4, 0.5) is 16.2 Å². The first-order valence-electron chi connectivity index (χ1n) is 6.88. The highest BCUT2D eigenvalue weighted by Gasteiger charge is 2.25. The number of hydrogen-bond donors (Lipinski definition) is 4. The maximum Gasteiger partial charge on any atom is 0.316 e. The Morgan fingerprint density at radius 1 is 1.09 bits per heavy atom. The molecule has 0 radical (unpaired) electrons. The second-order valence-electron chi connectivity index (χ2n) is 6.00. The van der Waals surface area contributed by atoms with Crippen molar-refractivity contribution in [1.29, 1.82) is 0 Å². The number of amides is 4. The van der Waals surface area contributed by atoms with Gasteiger partial charge in [0.15, 0.2) is 0 Å². The van der Waals surface area contributed by atoms with E-state index in [1.807, 2.05) is 0 Å². The third-order valence-corrected chi connectivity index (χ3v) is 2.82. The molecule has 1 aromatic rings.